The van der Waals surface area contributed by atoms with Gasteiger partial charge in [-0.05, 0) is 0 Å². The molecule has 0 aliphatic carbocycles. The zero-order valence-electron chi connectivity index (χ0n) is 7.16. The molecule has 0 aromatic heterocycles. The topological polar surface area (TPSA) is 101 Å². The smallest absolute Gasteiger partial charge is 0.221 e. The van der Waals surface area contributed by atoms with Crippen LogP contribution >= 0.6 is 0 Å². The zero-order chi connectivity index (χ0) is 8.97. The number of aliphatic imine (C=N–C) groups is 1. The molecule has 1 saturated heterocycles. The molecule has 13 heavy (non-hydrogen) atoms. The molecule has 0 spiro atoms. The Labute approximate surface area is 82.8 Å². The van der Waals surface area contributed by atoms with E-state index in [4.69, 9.17) is 21.6 Å². The first kappa shape index (κ1) is 12.0. The Kier molecular flexibility index (Phi) is 5.17. The van der Waals surface area contributed by atoms with Crippen LogP contribution in [-0.2, 0) is 4.74 Å². The molecular weight excluding hydrogens is 194 g/mol. The third-order valence-corrected chi connectivity index (χ3v) is 1.55. The van der Waals surface area contributed by atoms with Crippen LogP contribution < -0.4 is 23.9 Å². The van der Waals surface area contributed by atoms with Gasteiger partial charge in [0.25, 0.3) is 0 Å². The van der Waals surface area contributed by atoms with Crippen molar-refractivity contribution in [2.45, 2.75) is 0 Å². The summed E-state index contributed by atoms with van der Waals surface area (Å²) in [5.74, 6) is 0.0322. The van der Waals surface area contributed by atoms with Crippen molar-refractivity contribution in [3.8, 4) is 0 Å². The number of morpholine rings is 1. The number of guanidine groups is 2. The van der Waals surface area contributed by atoms with Gasteiger partial charge in [0, 0.05) is 13.1 Å². The molecule has 0 unspecified atom stereocenters. The van der Waals surface area contributed by atoms with Gasteiger partial charge < -0.3 is 33.5 Å². The maximum Gasteiger partial charge on any atom is 0.221 e. The molecule has 0 atom stereocenters. The second kappa shape index (κ2) is 5.60. The van der Waals surface area contributed by atoms with E-state index < -0.39 is 0 Å². The molecule has 7 heteroatoms. The fraction of sp³-hybridized carbons (Fsp3) is 0.667. The summed E-state index contributed by atoms with van der Waals surface area (Å²) in [7, 11) is 0. The molecule has 76 valence electrons. The van der Waals surface area contributed by atoms with Gasteiger partial charge in [0.2, 0.25) is 5.96 Å². The molecule has 1 rings (SSSR count). The fourth-order valence-corrected chi connectivity index (χ4v) is 0.968. The molecule has 0 bridgehead atoms. The van der Waals surface area contributed by atoms with Crippen LogP contribution in [0.4, 0.5) is 0 Å². The van der Waals surface area contributed by atoms with Gasteiger partial charge in [-0.3, -0.25) is 5.41 Å². The standard InChI is InChI=1S/C6H13N5O.ClH/c7-5(8)10-6(9)11-1-3-12-4-2-11;/h1-4H2,(H5,7,8,9,10);1H/p-1. The largest absolute Gasteiger partial charge is 1.00 e. The number of halogens is 1. The first-order valence-electron chi connectivity index (χ1n) is 3.71. The molecule has 1 fully saturated rings. The van der Waals surface area contributed by atoms with E-state index >= 15 is 0 Å². The van der Waals surface area contributed by atoms with Crippen LogP contribution in [0.15, 0.2) is 4.99 Å². The van der Waals surface area contributed by atoms with Gasteiger partial charge in [-0.15, -0.1) is 0 Å². The maximum atomic E-state index is 7.44. The summed E-state index contributed by atoms with van der Waals surface area (Å²) in [4.78, 5) is 5.39. The van der Waals surface area contributed by atoms with Crippen molar-refractivity contribution in [3.63, 3.8) is 0 Å². The van der Waals surface area contributed by atoms with Gasteiger partial charge >= 0.3 is 0 Å². The number of rotatable bonds is 0. The van der Waals surface area contributed by atoms with Crippen molar-refractivity contribution in [2.24, 2.45) is 16.5 Å². The lowest BCUT2D eigenvalue weighted by molar-refractivity contribution is -0.00000386. The average Bonchev–Trinajstić information content (AvgIpc) is 2.05. The van der Waals surface area contributed by atoms with Crippen LogP contribution in [0.25, 0.3) is 0 Å². The highest BCUT2D eigenvalue weighted by atomic mass is 35.5. The molecule has 6 nitrogen and oxygen atoms in total. The highest BCUT2D eigenvalue weighted by Gasteiger charge is 2.12. The van der Waals surface area contributed by atoms with Crippen molar-refractivity contribution in [1.82, 2.24) is 4.90 Å². The summed E-state index contributed by atoms with van der Waals surface area (Å²) >= 11 is 0. The van der Waals surface area contributed by atoms with Crippen LogP contribution in [0.5, 0.6) is 0 Å². The number of hydrogen-bond donors (Lipinski definition) is 3. The van der Waals surface area contributed by atoms with Crippen molar-refractivity contribution in [2.75, 3.05) is 26.3 Å². The van der Waals surface area contributed by atoms with E-state index in [1.807, 2.05) is 0 Å². The van der Waals surface area contributed by atoms with Crippen LogP contribution in [-0.4, -0.2) is 43.1 Å². The molecular formula is C6H13ClN5O-. The third-order valence-electron chi connectivity index (χ3n) is 1.55. The molecule has 0 radical (unpaired) electrons. The van der Waals surface area contributed by atoms with Crippen molar-refractivity contribution in [1.29, 1.82) is 5.41 Å². The molecule has 0 saturated carbocycles. The Balaban J connectivity index is 0.00000144. The minimum Gasteiger partial charge on any atom is -1.00 e. The average molecular weight is 207 g/mol. The van der Waals surface area contributed by atoms with Crippen LogP contribution in [0.3, 0.4) is 0 Å². The molecule has 0 aromatic rings. The molecule has 1 aliphatic heterocycles. The predicted molar refractivity (Wildman–Crippen MR) is 45.9 cm³/mol. The molecule has 1 aliphatic rings. The van der Waals surface area contributed by atoms with Crippen LogP contribution in [0, 0.1) is 5.41 Å². The van der Waals surface area contributed by atoms with Crippen molar-refractivity contribution < 1.29 is 17.1 Å². The van der Waals surface area contributed by atoms with E-state index in [1.165, 1.54) is 0 Å². The highest BCUT2D eigenvalue weighted by molar-refractivity contribution is 5.91. The molecule has 5 N–H and O–H groups in total. The van der Waals surface area contributed by atoms with Crippen molar-refractivity contribution >= 4 is 11.9 Å². The van der Waals surface area contributed by atoms with E-state index in [0.29, 0.717) is 26.3 Å². The summed E-state index contributed by atoms with van der Waals surface area (Å²) in [5, 5.41) is 7.44. The van der Waals surface area contributed by atoms with E-state index in [1.54, 1.807) is 4.90 Å². The van der Waals surface area contributed by atoms with Crippen molar-refractivity contribution in [3.05, 3.63) is 0 Å². The molecule has 1 heterocycles. The second-order valence-electron chi connectivity index (χ2n) is 2.46. The number of hydrogen-bond acceptors (Lipinski definition) is 2. The van der Waals surface area contributed by atoms with Gasteiger partial charge in [-0.25, -0.2) is 0 Å². The Bertz CT molecular complexity index is 197. The summed E-state index contributed by atoms with van der Waals surface area (Å²) in [6.45, 7) is 2.61. The quantitative estimate of drug-likeness (QED) is 0.275. The molecule has 0 aromatic carbocycles. The lowest BCUT2D eigenvalue weighted by Crippen LogP contribution is -3.00. The summed E-state index contributed by atoms with van der Waals surface area (Å²) < 4.78 is 5.11. The van der Waals surface area contributed by atoms with Crippen LogP contribution in [0.1, 0.15) is 0 Å². The monoisotopic (exact) mass is 206 g/mol. The summed E-state index contributed by atoms with van der Waals surface area (Å²) in [5.41, 5.74) is 10.3. The van der Waals surface area contributed by atoms with E-state index in [2.05, 4.69) is 4.99 Å². The van der Waals surface area contributed by atoms with Crippen LogP contribution in [0.2, 0.25) is 0 Å². The Morgan fingerprint density at radius 1 is 1.31 bits per heavy atom. The molecule has 0 amide bonds. The normalized spacial score (nSPS) is 15.8. The third kappa shape index (κ3) is 3.95. The Morgan fingerprint density at radius 2 is 1.85 bits per heavy atom. The number of nitrogens with one attached hydrogen (secondary N) is 1. The van der Waals surface area contributed by atoms with Gasteiger partial charge in [0.1, 0.15) is 0 Å². The minimum absolute atomic E-state index is 0. The SMILES string of the molecule is N=C(N=C(N)N)N1CCOCC1.[Cl-]. The number of ether oxygens (including phenoxy) is 1. The van der Waals surface area contributed by atoms with E-state index in [9.17, 15) is 0 Å². The van der Waals surface area contributed by atoms with Gasteiger partial charge in [-0.1, -0.05) is 0 Å². The Hall–Kier alpha value is -1.01. The number of nitrogens with two attached hydrogens (primary N) is 2. The fourth-order valence-electron chi connectivity index (χ4n) is 0.968. The second-order valence-corrected chi connectivity index (χ2v) is 2.46. The summed E-state index contributed by atoms with van der Waals surface area (Å²) in [6, 6.07) is 0. The van der Waals surface area contributed by atoms with Gasteiger partial charge in [0.05, 0.1) is 13.2 Å². The first-order valence-corrected chi connectivity index (χ1v) is 3.71. The van der Waals surface area contributed by atoms with Gasteiger partial charge in [-0.2, -0.15) is 4.99 Å². The van der Waals surface area contributed by atoms with Gasteiger partial charge in [0.15, 0.2) is 5.96 Å². The predicted octanol–water partition coefficient (Wildman–Crippen LogP) is -4.47. The first-order chi connectivity index (χ1) is 5.70. The maximum absolute atomic E-state index is 7.44. The van der Waals surface area contributed by atoms with E-state index in [-0.39, 0.29) is 24.3 Å². The van der Waals surface area contributed by atoms with E-state index in [0.717, 1.165) is 0 Å². The highest BCUT2D eigenvalue weighted by Crippen LogP contribution is 1.97. The lowest BCUT2D eigenvalue weighted by Gasteiger charge is -2.26. The number of nitrogens with zero attached hydrogens (tertiary/aromatic N) is 2. The zero-order valence-corrected chi connectivity index (χ0v) is 7.92. The minimum atomic E-state index is -0.0773. The lowest BCUT2D eigenvalue weighted by atomic mass is 10.4. The summed E-state index contributed by atoms with van der Waals surface area (Å²) in [6.07, 6.45) is 0. The Morgan fingerprint density at radius 3 is 2.31 bits per heavy atom.